The summed E-state index contributed by atoms with van der Waals surface area (Å²) in [4.78, 5) is 12.4. The zero-order valence-corrected chi connectivity index (χ0v) is 16.2. The Bertz CT molecular complexity index is 368. The van der Waals surface area contributed by atoms with E-state index in [1.165, 1.54) is 6.42 Å². The third-order valence-corrected chi connectivity index (χ3v) is 6.56. The molecule has 1 N–H and O–H groups in total. The van der Waals surface area contributed by atoms with Crippen LogP contribution in [0.5, 0.6) is 0 Å². The summed E-state index contributed by atoms with van der Waals surface area (Å²) in [5.74, 6) is 1.96. The van der Waals surface area contributed by atoms with Crippen molar-refractivity contribution in [2.75, 3.05) is 6.61 Å². The highest BCUT2D eigenvalue weighted by atomic mass is 16.5. The number of hydrogen-bond acceptors (Lipinski definition) is 3. The van der Waals surface area contributed by atoms with Gasteiger partial charge in [0.15, 0.2) is 0 Å². The second kappa shape index (κ2) is 9.05. The quantitative estimate of drug-likeness (QED) is 0.720. The first kappa shape index (κ1) is 20.5. The van der Waals surface area contributed by atoms with Gasteiger partial charge in [0.2, 0.25) is 0 Å². The molecule has 0 aromatic rings. The summed E-state index contributed by atoms with van der Waals surface area (Å²) in [6, 6.07) is 0. The summed E-state index contributed by atoms with van der Waals surface area (Å²) in [5, 5.41) is 10.9. The molecule has 0 aromatic heterocycles. The summed E-state index contributed by atoms with van der Waals surface area (Å²) in [7, 11) is 0. The fourth-order valence-electron chi connectivity index (χ4n) is 4.84. The monoisotopic (exact) mass is 326 g/mol. The van der Waals surface area contributed by atoms with Crippen molar-refractivity contribution in [3.63, 3.8) is 0 Å². The Morgan fingerprint density at radius 2 is 1.70 bits per heavy atom. The molecule has 0 radical (unpaired) electrons. The lowest BCUT2D eigenvalue weighted by atomic mass is 9.70. The molecule has 0 aromatic carbocycles. The van der Waals surface area contributed by atoms with E-state index in [4.69, 9.17) is 4.74 Å². The average molecular weight is 327 g/mol. The predicted molar refractivity (Wildman–Crippen MR) is 95.0 cm³/mol. The zero-order chi connectivity index (χ0) is 17.7. The lowest BCUT2D eigenvalue weighted by Crippen LogP contribution is -2.42. The van der Waals surface area contributed by atoms with Gasteiger partial charge in [-0.3, -0.25) is 4.79 Å². The van der Waals surface area contributed by atoms with Gasteiger partial charge in [0.05, 0.1) is 18.6 Å². The fourth-order valence-corrected chi connectivity index (χ4v) is 4.84. The van der Waals surface area contributed by atoms with Crippen LogP contribution in [0.3, 0.4) is 0 Å². The Hall–Kier alpha value is -0.570. The Morgan fingerprint density at radius 3 is 2.26 bits per heavy atom. The van der Waals surface area contributed by atoms with Gasteiger partial charge < -0.3 is 9.84 Å². The molecule has 2 aliphatic rings. The Labute approximate surface area is 143 Å². The summed E-state index contributed by atoms with van der Waals surface area (Å²) < 4.78 is 5.43. The third-order valence-electron chi connectivity index (χ3n) is 6.56. The molecule has 0 amide bonds. The molecule has 3 heteroatoms. The lowest BCUT2D eigenvalue weighted by molar-refractivity contribution is -0.155. The van der Waals surface area contributed by atoms with Gasteiger partial charge in [-0.05, 0) is 48.3 Å². The van der Waals surface area contributed by atoms with Crippen LogP contribution < -0.4 is 0 Å². The molecule has 2 fully saturated rings. The average Bonchev–Trinajstić information content (AvgIpc) is 2.71. The Balaban J connectivity index is 0.00000127. The van der Waals surface area contributed by atoms with Crippen LogP contribution in [0.1, 0.15) is 67.7 Å². The van der Waals surface area contributed by atoms with E-state index in [0.717, 1.165) is 12.8 Å². The lowest BCUT2D eigenvalue weighted by Gasteiger charge is -2.35. The first-order valence-electron chi connectivity index (χ1n) is 9.73. The molecular weight excluding hydrogens is 288 g/mol. The van der Waals surface area contributed by atoms with E-state index in [-0.39, 0.29) is 23.7 Å². The van der Waals surface area contributed by atoms with Gasteiger partial charge in [-0.15, -0.1) is 0 Å². The molecule has 1 aliphatic carbocycles. The molecule has 1 heterocycles. The minimum atomic E-state index is -0.578. The SMILES string of the molecule is CC.CCC1C2CCOC(=O)[C@H]1[C@@H](O)C(C)C(C)C(C)CC2C. The second-order valence-corrected chi connectivity index (χ2v) is 7.62. The largest absolute Gasteiger partial charge is 0.465 e. The van der Waals surface area contributed by atoms with Crippen LogP contribution in [-0.4, -0.2) is 23.8 Å². The van der Waals surface area contributed by atoms with E-state index in [9.17, 15) is 9.90 Å². The zero-order valence-electron chi connectivity index (χ0n) is 16.2. The summed E-state index contributed by atoms with van der Waals surface area (Å²) >= 11 is 0. The van der Waals surface area contributed by atoms with Crippen LogP contribution in [0.4, 0.5) is 0 Å². The first-order valence-corrected chi connectivity index (χ1v) is 9.73. The van der Waals surface area contributed by atoms with E-state index < -0.39 is 6.10 Å². The van der Waals surface area contributed by atoms with Crippen LogP contribution in [-0.2, 0) is 9.53 Å². The number of aliphatic hydroxyl groups excluding tert-OH is 1. The van der Waals surface area contributed by atoms with Gasteiger partial charge in [0.1, 0.15) is 0 Å². The number of rotatable bonds is 1. The van der Waals surface area contributed by atoms with Gasteiger partial charge in [0, 0.05) is 0 Å². The van der Waals surface area contributed by atoms with Crippen LogP contribution >= 0.6 is 0 Å². The van der Waals surface area contributed by atoms with E-state index in [2.05, 4.69) is 34.6 Å². The number of fused-ring (bicyclic) bond motifs is 2. The van der Waals surface area contributed by atoms with Crippen LogP contribution in [0.15, 0.2) is 0 Å². The van der Waals surface area contributed by atoms with Crippen molar-refractivity contribution >= 4 is 5.97 Å². The number of ether oxygens (including phenoxy) is 1. The first-order chi connectivity index (χ1) is 10.9. The number of aliphatic hydroxyl groups is 1. The van der Waals surface area contributed by atoms with Gasteiger partial charge in [0.25, 0.3) is 0 Å². The van der Waals surface area contributed by atoms with Gasteiger partial charge in [-0.25, -0.2) is 0 Å². The maximum absolute atomic E-state index is 12.4. The van der Waals surface area contributed by atoms with E-state index in [1.54, 1.807) is 0 Å². The van der Waals surface area contributed by atoms with Crippen molar-refractivity contribution in [2.45, 2.75) is 73.8 Å². The topological polar surface area (TPSA) is 46.5 Å². The highest BCUT2D eigenvalue weighted by molar-refractivity contribution is 5.74. The molecule has 8 atom stereocenters. The van der Waals surface area contributed by atoms with Crippen molar-refractivity contribution in [2.24, 2.45) is 41.4 Å². The van der Waals surface area contributed by atoms with Crippen molar-refractivity contribution in [1.82, 2.24) is 0 Å². The summed E-state index contributed by atoms with van der Waals surface area (Å²) in [5.41, 5.74) is 0. The fraction of sp³-hybridized carbons (Fsp3) is 0.950. The smallest absolute Gasteiger partial charge is 0.311 e. The predicted octanol–water partition coefficient (Wildman–Crippen LogP) is 4.53. The highest BCUT2D eigenvalue weighted by Crippen LogP contribution is 2.45. The Morgan fingerprint density at radius 1 is 1.09 bits per heavy atom. The molecule has 2 bridgehead atoms. The van der Waals surface area contributed by atoms with Crippen LogP contribution in [0, 0.1) is 41.4 Å². The third kappa shape index (κ3) is 4.29. The minimum Gasteiger partial charge on any atom is -0.465 e. The molecule has 1 saturated carbocycles. The van der Waals surface area contributed by atoms with Crippen LogP contribution in [0.25, 0.3) is 0 Å². The number of carbonyl (C=O) groups excluding carboxylic acids is 1. The molecule has 1 aliphatic heterocycles. The molecule has 3 nitrogen and oxygen atoms in total. The van der Waals surface area contributed by atoms with Crippen LogP contribution in [0.2, 0.25) is 0 Å². The maximum atomic E-state index is 12.4. The van der Waals surface area contributed by atoms with E-state index in [0.29, 0.717) is 30.3 Å². The molecule has 2 rings (SSSR count). The van der Waals surface area contributed by atoms with E-state index in [1.807, 2.05) is 13.8 Å². The standard InChI is InChI=1S/C18H32O3.C2H6/c1-6-14-15-7-8-21-18(20)16(14)17(19)13(5)12(4)10(2)9-11(15)3;1-2/h10-17,19H,6-9H2,1-5H3;1-2H3/t10?,11?,12?,13?,14?,15?,16-,17+;/m1./s1. The highest BCUT2D eigenvalue weighted by Gasteiger charge is 2.47. The number of carbonyl (C=O) groups is 1. The van der Waals surface area contributed by atoms with E-state index >= 15 is 0 Å². The van der Waals surface area contributed by atoms with Crippen molar-refractivity contribution in [3.05, 3.63) is 0 Å². The second-order valence-electron chi connectivity index (χ2n) is 7.62. The Kier molecular flexibility index (Phi) is 8.06. The molecule has 0 spiro atoms. The van der Waals surface area contributed by atoms with Crippen molar-refractivity contribution < 1.29 is 14.6 Å². The molecule has 6 unspecified atom stereocenters. The number of esters is 1. The number of hydrogen-bond donors (Lipinski definition) is 1. The molecule has 136 valence electrons. The van der Waals surface area contributed by atoms with Gasteiger partial charge >= 0.3 is 5.97 Å². The molecule has 1 saturated heterocycles. The number of cyclic esters (lactones) is 1. The minimum absolute atomic E-state index is 0.135. The summed E-state index contributed by atoms with van der Waals surface area (Å²) in [6.45, 7) is 15.6. The molecule has 23 heavy (non-hydrogen) atoms. The van der Waals surface area contributed by atoms with Gasteiger partial charge in [-0.1, -0.05) is 54.9 Å². The summed E-state index contributed by atoms with van der Waals surface area (Å²) in [6.07, 6.45) is 2.50. The maximum Gasteiger partial charge on any atom is 0.311 e. The molecular formula is C20H38O3. The van der Waals surface area contributed by atoms with Crippen molar-refractivity contribution in [1.29, 1.82) is 0 Å². The normalized spacial score (nSPS) is 44.6. The van der Waals surface area contributed by atoms with Gasteiger partial charge in [-0.2, -0.15) is 0 Å². The van der Waals surface area contributed by atoms with Crippen molar-refractivity contribution in [3.8, 4) is 0 Å².